The molecule has 0 aromatic rings. The summed E-state index contributed by atoms with van der Waals surface area (Å²) >= 11 is 0. The first-order valence-corrected chi connectivity index (χ1v) is 7.78. The molecule has 2 fully saturated rings. The number of aliphatic imine (C=N–C) groups is 1. The van der Waals surface area contributed by atoms with E-state index in [1.165, 1.54) is 25.7 Å². The van der Waals surface area contributed by atoms with E-state index < -0.39 is 0 Å². The van der Waals surface area contributed by atoms with Crippen molar-refractivity contribution in [1.82, 2.24) is 5.32 Å². The fourth-order valence-electron chi connectivity index (χ4n) is 2.86. The van der Waals surface area contributed by atoms with Crippen LogP contribution in [0.1, 0.15) is 59.3 Å². The zero-order valence-corrected chi connectivity index (χ0v) is 13.1. The number of guanidine groups is 1. The number of nitrogens with zero attached hydrogens (tertiary/aromatic N) is 1. The smallest absolute Gasteiger partial charge is 0.189 e. The van der Waals surface area contributed by atoms with E-state index in [1.54, 1.807) is 0 Å². The van der Waals surface area contributed by atoms with E-state index in [0.717, 1.165) is 12.8 Å². The van der Waals surface area contributed by atoms with Crippen LogP contribution in [-0.4, -0.2) is 36.5 Å². The Bertz CT molecular complexity index is 342. The van der Waals surface area contributed by atoms with Gasteiger partial charge in [-0.25, -0.2) is 0 Å². The first kappa shape index (κ1) is 15.6. The lowest BCUT2D eigenvalue weighted by molar-refractivity contribution is -0.174. The molecular weight excluding hydrogens is 254 g/mol. The Hall–Kier alpha value is -0.810. The molecule has 0 bridgehead atoms. The monoisotopic (exact) mass is 283 g/mol. The summed E-state index contributed by atoms with van der Waals surface area (Å²) in [6.45, 7) is 7.38. The highest BCUT2D eigenvalue weighted by Gasteiger charge is 2.41. The molecule has 1 spiro atoms. The van der Waals surface area contributed by atoms with Gasteiger partial charge in [-0.1, -0.05) is 12.8 Å². The first-order chi connectivity index (χ1) is 9.39. The van der Waals surface area contributed by atoms with E-state index in [9.17, 15) is 0 Å². The molecule has 5 heteroatoms. The largest absolute Gasteiger partial charge is 0.370 e. The second kappa shape index (κ2) is 6.31. The molecule has 0 aromatic heterocycles. The molecule has 1 aliphatic heterocycles. The second-order valence-corrected chi connectivity index (χ2v) is 6.98. The van der Waals surface area contributed by atoms with Crippen LogP contribution in [-0.2, 0) is 9.47 Å². The highest BCUT2D eigenvalue weighted by Crippen LogP contribution is 2.36. The van der Waals surface area contributed by atoms with Crippen molar-refractivity contribution in [1.29, 1.82) is 0 Å². The summed E-state index contributed by atoms with van der Waals surface area (Å²) in [5.74, 6) is 0.144. The van der Waals surface area contributed by atoms with Gasteiger partial charge in [-0.05, 0) is 33.6 Å². The zero-order valence-electron chi connectivity index (χ0n) is 13.1. The van der Waals surface area contributed by atoms with Crippen molar-refractivity contribution in [2.24, 2.45) is 10.7 Å². The van der Waals surface area contributed by atoms with Crippen LogP contribution in [0.3, 0.4) is 0 Å². The fourth-order valence-corrected chi connectivity index (χ4v) is 2.86. The zero-order chi connectivity index (χ0) is 14.6. The lowest BCUT2D eigenvalue weighted by atomic mass is 10.1. The van der Waals surface area contributed by atoms with Crippen LogP contribution in [0.4, 0.5) is 0 Å². The van der Waals surface area contributed by atoms with Crippen molar-refractivity contribution in [2.75, 3.05) is 13.2 Å². The van der Waals surface area contributed by atoms with E-state index in [1.807, 2.05) is 0 Å². The van der Waals surface area contributed by atoms with E-state index in [0.29, 0.717) is 19.1 Å². The van der Waals surface area contributed by atoms with Crippen LogP contribution < -0.4 is 11.1 Å². The normalized spacial score (nSPS) is 27.6. The Morgan fingerprint density at radius 3 is 2.50 bits per heavy atom. The summed E-state index contributed by atoms with van der Waals surface area (Å²) in [5, 5.41) is 3.16. The van der Waals surface area contributed by atoms with Crippen LogP contribution in [0.5, 0.6) is 0 Å². The van der Waals surface area contributed by atoms with Gasteiger partial charge in [0.05, 0.1) is 13.2 Å². The average Bonchev–Trinajstić information content (AvgIpc) is 2.57. The van der Waals surface area contributed by atoms with Crippen LogP contribution in [0.15, 0.2) is 4.99 Å². The highest BCUT2D eigenvalue weighted by molar-refractivity contribution is 5.78. The van der Waals surface area contributed by atoms with Crippen molar-refractivity contribution in [3.05, 3.63) is 0 Å². The summed E-state index contributed by atoms with van der Waals surface area (Å²) in [7, 11) is 0. The van der Waals surface area contributed by atoms with Crippen LogP contribution >= 0.6 is 0 Å². The molecule has 2 aliphatic rings. The van der Waals surface area contributed by atoms with Crippen LogP contribution in [0.2, 0.25) is 0 Å². The topological polar surface area (TPSA) is 68.9 Å². The SMILES string of the molecule is CC(C)(C)NC(N)=NCC1COC2(CCCCCC2)O1. The number of hydrogen-bond donors (Lipinski definition) is 2. The second-order valence-electron chi connectivity index (χ2n) is 6.98. The van der Waals surface area contributed by atoms with Crippen molar-refractivity contribution < 1.29 is 9.47 Å². The molecule has 1 atom stereocenters. The number of nitrogens with one attached hydrogen (secondary N) is 1. The maximum absolute atomic E-state index is 6.14. The first-order valence-electron chi connectivity index (χ1n) is 7.78. The lowest BCUT2D eigenvalue weighted by Crippen LogP contribution is -2.45. The summed E-state index contributed by atoms with van der Waals surface area (Å²) in [5.41, 5.74) is 5.81. The molecule has 5 nitrogen and oxygen atoms in total. The minimum absolute atomic E-state index is 0.0356. The Labute approximate surface area is 122 Å². The lowest BCUT2D eigenvalue weighted by Gasteiger charge is -2.26. The van der Waals surface area contributed by atoms with Gasteiger partial charge in [-0.3, -0.25) is 4.99 Å². The molecule has 1 unspecified atom stereocenters. The molecule has 1 heterocycles. The molecule has 1 aliphatic carbocycles. The minimum Gasteiger partial charge on any atom is -0.370 e. The highest BCUT2D eigenvalue weighted by atomic mass is 16.7. The Morgan fingerprint density at radius 1 is 1.25 bits per heavy atom. The van der Waals surface area contributed by atoms with Gasteiger partial charge in [0.25, 0.3) is 0 Å². The number of ether oxygens (including phenoxy) is 2. The molecule has 1 saturated heterocycles. The molecule has 20 heavy (non-hydrogen) atoms. The van der Waals surface area contributed by atoms with Gasteiger partial charge in [0.2, 0.25) is 0 Å². The molecule has 1 saturated carbocycles. The van der Waals surface area contributed by atoms with Crippen molar-refractivity contribution in [2.45, 2.75) is 76.7 Å². The van der Waals surface area contributed by atoms with Gasteiger partial charge in [0.1, 0.15) is 6.10 Å². The van der Waals surface area contributed by atoms with Gasteiger partial charge < -0.3 is 20.5 Å². The maximum Gasteiger partial charge on any atom is 0.189 e. The third-order valence-corrected chi connectivity index (χ3v) is 3.75. The molecule has 0 aromatic carbocycles. The third-order valence-electron chi connectivity index (χ3n) is 3.75. The Kier molecular flexibility index (Phi) is 4.91. The minimum atomic E-state index is -0.330. The van der Waals surface area contributed by atoms with Crippen molar-refractivity contribution in [3.8, 4) is 0 Å². The molecule has 3 N–H and O–H groups in total. The Balaban J connectivity index is 1.82. The number of nitrogens with two attached hydrogens (primary N) is 1. The van der Waals surface area contributed by atoms with Gasteiger partial charge in [0.15, 0.2) is 11.7 Å². The van der Waals surface area contributed by atoms with E-state index in [2.05, 4.69) is 31.1 Å². The summed E-state index contributed by atoms with van der Waals surface area (Å²) in [6.07, 6.45) is 7.05. The summed E-state index contributed by atoms with van der Waals surface area (Å²) in [6, 6.07) is 0. The van der Waals surface area contributed by atoms with Gasteiger partial charge >= 0.3 is 0 Å². The summed E-state index contributed by atoms with van der Waals surface area (Å²) in [4.78, 5) is 4.37. The van der Waals surface area contributed by atoms with Crippen LogP contribution in [0.25, 0.3) is 0 Å². The molecular formula is C15H29N3O2. The van der Waals surface area contributed by atoms with E-state index in [4.69, 9.17) is 15.2 Å². The third kappa shape index (κ3) is 4.63. The molecule has 0 radical (unpaired) electrons. The molecule has 2 rings (SSSR count). The fraction of sp³-hybridized carbons (Fsp3) is 0.933. The molecule has 0 amide bonds. The van der Waals surface area contributed by atoms with Gasteiger partial charge in [-0.2, -0.15) is 0 Å². The van der Waals surface area contributed by atoms with E-state index in [-0.39, 0.29) is 17.4 Å². The van der Waals surface area contributed by atoms with Gasteiger partial charge in [0, 0.05) is 18.4 Å². The standard InChI is InChI=1S/C15H29N3O2/c1-14(2,3)18-13(16)17-10-12-11-19-15(20-12)8-6-4-5-7-9-15/h12H,4-11H2,1-3H3,(H3,16,17,18). The quantitative estimate of drug-likeness (QED) is 0.602. The molecule has 116 valence electrons. The predicted octanol–water partition coefficient (Wildman–Crippen LogP) is 2.16. The predicted molar refractivity (Wildman–Crippen MR) is 80.6 cm³/mol. The van der Waals surface area contributed by atoms with Crippen molar-refractivity contribution in [3.63, 3.8) is 0 Å². The van der Waals surface area contributed by atoms with E-state index >= 15 is 0 Å². The van der Waals surface area contributed by atoms with Crippen LogP contribution in [0, 0.1) is 0 Å². The Morgan fingerprint density at radius 2 is 1.90 bits per heavy atom. The van der Waals surface area contributed by atoms with Crippen molar-refractivity contribution >= 4 is 5.96 Å². The number of hydrogen-bond acceptors (Lipinski definition) is 3. The number of rotatable bonds is 2. The average molecular weight is 283 g/mol. The summed E-state index contributed by atoms with van der Waals surface area (Å²) < 4.78 is 12.1. The van der Waals surface area contributed by atoms with Gasteiger partial charge in [-0.15, -0.1) is 0 Å². The maximum atomic E-state index is 6.14.